The van der Waals surface area contributed by atoms with Crippen LogP contribution in [-0.4, -0.2) is 30.1 Å². The van der Waals surface area contributed by atoms with Gasteiger partial charge in [-0.2, -0.15) is 13.2 Å². The van der Waals surface area contributed by atoms with Crippen molar-refractivity contribution in [2.45, 2.75) is 32.5 Å². The summed E-state index contributed by atoms with van der Waals surface area (Å²) in [7, 11) is 0. The van der Waals surface area contributed by atoms with Crippen molar-refractivity contribution in [3.8, 4) is 0 Å². The van der Waals surface area contributed by atoms with Gasteiger partial charge in [0.2, 0.25) is 11.8 Å². The minimum absolute atomic E-state index is 0.0448. The molecule has 0 atom stereocenters. The van der Waals surface area contributed by atoms with Crippen molar-refractivity contribution in [1.29, 1.82) is 0 Å². The molecule has 5 nitrogen and oxygen atoms in total. The summed E-state index contributed by atoms with van der Waals surface area (Å²) in [4.78, 5) is 29.3. The number of nitrogens with zero attached hydrogens (tertiary/aromatic N) is 2. The topological polar surface area (TPSA) is 75.8 Å². The quantitative estimate of drug-likeness (QED) is 0.569. The molecule has 3 aromatic rings. The Bertz CT molecular complexity index is 1220. The van der Waals surface area contributed by atoms with Crippen LogP contribution in [0, 0.1) is 0 Å². The lowest BCUT2D eigenvalue weighted by molar-refractivity contribution is -0.138. The SMILES string of the molecule is CC(C)N1C(=O)CN=C(c2ccccc2)c2ccccc21.NC(=O)Cc1ccccc1C(F)(F)F. The Morgan fingerprint density at radius 3 is 2.20 bits per heavy atom. The number of primary amides is 1. The van der Waals surface area contributed by atoms with Gasteiger partial charge in [0.25, 0.3) is 0 Å². The predicted octanol–water partition coefficient (Wildman–Crippen LogP) is 5.01. The molecular weight excluding hydrogens is 455 g/mol. The molecule has 0 fully saturated rings. The van der Waals surface area contributed by atoms with E-state index in [9.17, 15) is 22.8 Å². The van der Waals surface area contributed by atoms with E-state index in [1.54, 1.807) is 0 Å². The average molecular weight is 482 g/mol. The number of hydrogen-bond donors (Lipinski definition) is 1. The lowest BCUT2D eigenvalue weighted by Gasteiger charge is -2.26. The number of rotatable bonds is 4. The number of hydrogen-bond acceptors (Lipinski definition) is 3. The van der Waals surface area contributed by atoms with E-state index >= 15 is 0 Å². The molecule has 8 heteroatoms. The van der Waals surface area contributed by atoms with E-state index < -0.39 is 24.1 Å². The van der Waals surface area contributed by atoms with Crippen LogP contribution in [0.25, 0.3) is 0 Å². The molecule has 0 spiro atoms. The van der Waals surface area contributed by atoms with E-state index in [1.165, 1.54) is 18.2 Å². The summed E-state index contributed by atoms with van der Waals surface area (Å²) in [6.45, 7) is 4.25. The average Bonchev–Trinajstić information content (AvgIpc) is 2.95. The largest absolute Gasteiger partial charge is 0.416 e. The van der Waals surface area contributed by atoms with Gasteiger partial charge in [-0.05, 0) is 31.5 Å². The summed E-state index contributed by atoms with van der Waals surface area (Å²) in [5.41, 5.74) is 7.83. The van der Waals surface area contributed by atoms with Gasteiger partial charge in [-0.25, -0.2) is 0 Å². The molecule has 0 unspecified atom stereocenters. The van der Waals surface area contributed by atoms with E-state index in [0.717, 1.165) is 28.6 Å². The number of fused-ring (bicyclic) bond motifs is 1. The Morgan fingerprint density at radius 2 is 1.57 bits per heavy atom. The Morgan fingerprint density at radius 1 is 0.971 bits per heavy atom. The number of carbonyl (C=O) groups excluding carboxylic acids is 2. The number of halogens is 3. The molecule has 3 aromatic carbocycles. The third-order valence-corrected chi connectivity index (χ3v) is 5.31. The first-order valence-corrected chi connectivity index (χ1v) is 11.0. The van der Waals surface area contributed by atoms with Crippen LogP contribution < -0.4 is 10.6 Å². The van der Waals surface area contributed by atoms with Gasteiger partial charge in [0, 0.05) is 17.2 Å². The molecule has 0 radical (unpaired) electrons. The number of para-hydroxylation sites is 1. The zero-order valence-corrected chi connectivity index (χ0v) is 19.4. The summed E-state index contributed by atoms with van der Waals surface area (Å²) in [5, 5.41) is 0. The number of anilines is 1. The second-order valence-electron chi connectivity index (χ2n) is 8.20. The van der Waals surface area contributed by atoms with Gasteiger partial charge >= 0.3 is 6.18 Å². The standard InChI is InChI=1S/C18H18N2O.C9H8F3NO/c1-13(2)20-16-11-7-6-10-15(16)18(19-12-17(20)21)14-8-4-3-5-9-14;10-9(11,12)7-4-2-1-3-6(7)5-8(13)14/h3-11,13H,12H2,1-2H3;1-4H,5H2,(H2,13,14). The monoisotopic (exact) mass is 481 g/mol. The molecule has 2 N–H and O–H groups in total. The van der Waals surface area contributed by atoms with Gasteiger partial charge in [0.1, 0.15) is 6.54 Å². The first-order valence-electron chi connectivity index (χ1n) is 11.0. The maximum atomic E-state index is 12.4. The molecule has 0 saturated heterocycles. The van der Waals surface area contributed by atoms with E-state index in [0.29, 0.717) is 0 Å². The van der Waals surface area contributed by atoms with Crippen molar-refractivity contribution < 1.29 is 22.8 Å². The Labute approximate surface area is 202 Å². The highest BCUT2D eigenvalue weighted by molar-refractivity contribution is 6.19. The van der Waals surface area contributed by atoms with Gasteiger partial charge in [0.15, 0.2) is 0 Å². The van der Waals surface area contributed by atoms with Gasteiger partial charge in [0.05, 0.1) is 23.4 Å². The molecule has 1 aliphatic heterocycles. The molecule has 0 aromatic heterocycles. The molecule has 2 amide bonds. The lowest BCUT2D eigenvalue weighted by Crippen LogP contribution is -2.38. The minimum atomic E-state index is -4.44. The molecule has 0 aliphatic carbocycles. The highest BCUT2D eigenvalue weighted by Crippen LogP contribution is 2.32. The highest BCUT2D eigenvalue weighted by Gasteiger charge is 2.33. The van der Waals surface area contributed by atoms with Crippen LogP contribution in [0.15, 0.2) is 83.9 Å². The number of benzene rings is 3. The molecule has 1 heterocycles. The molecule has 0 bridgehead atoms. The Hall–Kier alpha value is -3.94. The predicted molar refractivity (Wildman–Crippen MR) is 130 cm³/mol. The number of benzodiazepines with no additional fused rings is 1. The van der Waals surface area contributed by atoms with E-state index in [-0.39, 0.29) is 24.1 Å². The summed E-state index contributed by atoms with van der Waals surface area (Å²) >= 11 is 0. The van der Waals surface area contributed by atoms with Gasteiger partial charge in [-0.3, -0.25) is 14.6 Å². The number of amides is 2. The van der Waals surface area contributed by atoms with Crippen LogP contribution in [0.5, 0.6) is 0 Å². The number of carbonyl (C=O) groups is 2. The first-order chi connectivity index (χ1) is 16.6. The van der Waals surface area contributed by atoms with Crippen LogP contribution in [0.2, 0.25) is 0 Å². The van der Waals surface area contributed by atoms with Crippen LogP contribution in [0.3, 0.4) is 0 Å². The fourth-order valence-corrected chi connectivity index (χ4v) is 3.87. The van der Waals surface area contributed by atoms with Gasteiger partial charge in [-0.15, -0.1) is 0 Å². The van der Waals surface area contributed by atoms with E-state index in [1.807, 2.05) is 73.3 Å². The van der Waals surface area contributed by atoms with Crippen molar-refractivity contribution in [2.24, 2.45) is 10.7 Å². The molecular formula is C27H26F3N3O2. The highest BCUT2D eigenvalue weighted by atomic mass is 19.4. The van der Waals surface area contributed by atoms with Crippen molar-refractivity contribution in [3.63, 3.8) is 0 Å². The minimum Gasteiger partial charge on any atom is -0.369 e. The smallest absolute Gasteiger partial charge is 0.369 e. The third-order valence-electron chi connectivity index (χ3n) is 5.31. The van der Waals surface area contributed by atoms with Crippen molar-refractivity contribution in [3.05, 3.63) is 101 Å². The number of alkyl halides is 3. The maximum Gasteiger partial charge on any atom is 0.416 e. The maximum absolute atomic E-state index is 12.4. The normalized spacial score (nSPS) is 13.4. The summed E-state index contributed by atoms with van der Waals surface area (Å²) in [5.74, 6) is -0.731. The molecule has 182 valence electrons. The van der Waals surface area contributed by atoms with E-state index in [2.05, 4.69) is 4.99 Å². The van der Waals surface area contributed by atoms with Crippen molar-refractivity contribution in [1.82, 2.24) is 0 Å². The molecule has 4 rings (SSSR count). The molecule has 0 saturated carbocycles. The summed E-state index contributed by atoms with van der Waals surface area (Å²) < 4.78 is 37.0. The second kappa shape index (κ2) is 11.0. The van der Waals surface area contributed by atoms with Crippen LogP contribution in [0.1, 0.15) is 36.1 Å². The molecule has 35 heavy (non-hydrogen) atoms. The van der Waals surface area contributed by atoms with Gasteiger partial charge < -0.3 is 10.6 Å². The van der Waals surface area contributed by atoms with Crippen LogP contribution in [0.4, 0.5) is 18.9 Å². The lowest BCUT2D eigenvalue weighted by atomic mass is 10.00. The first kappa shape index (κ1) is 25.7. The third kappa shape index (κ3) is 6.35. The van der Waals surface area contributed by atoms with Crippen molar-refractivity contribution >= 4 is 23.2 Å². The fourth-order valence-electron chi connectivity index (χ4n) is 3.87. The zero-order chi connectivity index (χ0) is 25.6. The zero-order valence-electron chi connectivity index (χ0n) is 19.4. The summed E-state index contributed by atoms with van der Waals surface area (Å²) in [6.07, 6.45) is -4.83. The van der Waals surface area contributed by atoms with Gasteiger partial charge in [-0.1, -0.05) is 66.7 Å². The summed E-state index contributed by atoms with van der Waals surface area (Å²) in [6, 6.07) is 23.0. The van der Waals surface area contributed by atoms with E-state index in [4.69, 9.17) is 5.73 Å². The Kier molecular flexibility index (Phi) is 8.06. The second-order valence-corrected chi connectivity index (χ2v) is 8.20. The van der Waals surface area contributed by atoms with Crippen molar-refractivity contribution in [2.75, 3.05) is 11.4 Å². The number of nitrogens with two attached hydrogens (primary N) is 1. The van der Waals surface area contributed by atoms with Crippen LogP contribution >= 0.6 is 0 Å². The Balaban J connectivity index is 0.000000214. The molecule has 1 aliphatic rings. The van der Waals surface area contributed by atoms with Crippen LogP contribution in [-0.2, 0) is 22.2 Å². The fraction of sp³-hybridized carbons (Fsp3) is 0.222. The number of aliphatic imine (C=N–C) groups is 1.